The van der Waals surface area contributed by atoms with Gasteiger partial charge in [0.25, 0.3) is 0 Å². The van der Waals surface area contributed by atoms with Gasteiger partial charge in [-0.2, -0.15) is 26.3 Å². The van der Waals surface area contributed by atoms with Crippen molar-refractivity contribution in [3.8, 4) is 5.75 Å². The van der Waals surface area contributed by atoms with Crippen molar-refractivity contribution in [3.63, 3.8) is 0 Å². The standard InChI is InChI=1S/C29H33F6N5O4/c1-44-23-8-3-2-6-19(23)16-38-17-24-39(11-9-25(41)40(24)22(26(38)42)7-4-5-10-36)27(43)37-15-18-12-20(28(30,31)32)14-21(13-18)29(33,34)35/h2-3,6,8,12-14,22,24H,4-5,7,9-11,15-17,36H2,1H3,(H,37,43)/t22-,24+/m0/s1. The first-order valence-electron chi connectivity index (χ1n) is 14.0. The SMILES string of the molecule is COc1ccccc1CN1C[C@@H]2N(C(=O)NCc3cc(C(F)(F)F)cc(C(F)(F)F)c3)CCC(=O)N2[C@@H](CCCCN)C1=O. The van der Waals surface area contributed by atoms with Crippen LogP contribution in [0, 0.1) is 0 Å². The number of hydrogen-bond acceptors (Lipinski definition) is 5. The van der Waals surface area contributed by atoms with Crippen LogP contribution in [0.5, 0.6) is 5.75 Å². The number of ether oxygens (including phenoxy) is 1. The summed E-state index contributed by atoms with van der Waals surface area (Å²) in [4.78, 5) is 44.4. The summed E-state index contributed by atoms with van der Waals surface area (Å²) in [5.41, 5.74) is 2.93. The maximum absolute atomic E-state index is 13.7. The van der Waals surface area contributed by atoms with Crippen LogP contribution in [0.4, 0.5) is 31.1 Å². The molecular weight excluding hydrogens is 596 g/mol. The van der Waals surface area contributed by atoms with Gasteiger partial charge in [0, 0.05) is 31.6 Å². The Balaban J connectivity index is 1.60. The van der Waals surface area contributed by atoms with Gasteiger partial charge in [0.15, 0.2) is 0 Å². The molecule has 2 aliphatic heterocycles. The molecule has 15 heteroatoms. The molecule has 0 spiro atoms. The molecule has 0 aromatic heterocycles. The highest BCUT2D eigenvalue weighted by Gasteiger charge is 2.48. The van der Waals surface area contributed by atoms with E-state index in [9.17, 15) is 40.7 Å². The van der Waals surface area contributed by atoms with Crippen LogP contribution in [-0.4, -0.2) is 71.5 Å². The molecule has 2 aliphatic rings. The molecule has 0 aliphatic carbocycles. The Hall–Kier alpha value is -4.01. The van der Waals surface area contributed by atoms with Gasteiger partial charge in [-0.25, -0.2) is 4.79 Å². The molecular formula is C29H33F6N5O4. The van der Waals surface area contributed by atoms with Gasteiger partial charge >= 0.3 is 18.4 Å². The van der Waals surface area contributed by atoms with Crippen LogP contribution in [0.3, 0.4) is 0 Å². The van der Waals surface area contributed by atoms with Crippen molar-refractivity contribution in [3.05, 3.63) is 64.7 Å². The summed E-state index contributed by atoms with van der Waals surface area (Å²) >= 11 is 0. The van der Waals surface area contributed by atoms with E-state index in [0.29, 0.717) is 49.3 Å². The predicted octanol–water partition coefficient (Wildman–Crippen LogP) is 4.34. The summed E-state index contributed by atoms with van der Waals surface area (Å²) in [6, 6.07) is 6.47. The molecule has 3 N–H and O–H groups in total. The lowest BCUT2D eigenvalue weighted by Gasteiger charge is -2.52. The summed E-state index contributed by atoms with van der Waals surface area (Å²) in [6.07, 6.45) is -9.67. The molecule has 4 amide bonds. The van der Waals surface area contributed by atoms with Crippen LogP contribution >= 0.6 is 0 Å². The lowest BCUT2D eigenvalue weighted by Crippen LogP contribution is -2.71. The zero-order chi connectivity index (χ0) is 32.2. The Kier molecular flexibility index (Phi) is 9.96. The summed E-state index contributed by atoms with van der Waals surface area (Å²) in [5, 5.41) is 2.41. The van der Waals surface area contributed by atoms with E-state index >= 15 is 0 Å². The number of amides is 4. The number of nitrogens with zero attached hydrogens (tertiary/aromatic N) is 3. The van der Waals surface area contributed by atoms with E-state index in [-0.39, 0.29) is 43.9 Å². The van der Waals surface area contributed by atoms with Crippen molar-refractivity contribution < 1.29 is 45.5 Å². The molecule has 2 aromatic carbocycles. The number of rotatable bonds is 9. The fraction of sp³-hybridized carbons (Fsp3) is 0.483. The molecule has 2 aromatic rings. The fourth-order valence-corrected chi connectivity index (χ4v) is 5.56. The third-order valence-corrected chi connectivity index (χ3v) is 7.69. The van der Waals surface area contributed by atoms with Gasteiger partial charge in [-0.05, 0) is 55.6 Å². The Morgan fingerprint density at radius 3 is 2.30 bits per heavy atom. The normalized spacial score (nSPS) is 19.2. The van der Waals surface area contributed by atoms with Crippen molar-refractivity contribution >= 4 is 17.8 Å². The fourth-order valence-electron chi connectivity index (χ4n) is 5.56. The van der Waals surface area contributed by atoms with E-state index in [0.717, 1.165) is 0 Å². The highest BCUT2D eigenvalue weighted by Crippen LogP contribution is 2.36. The van der Waals surface area contributed by atoms with Gasteiger partial charge in [-0.15, -0.1) is 0 Å². The molecule has 44 heavy (non-hydrogen) atoms. The van der Waals surface area contributed by atoms with Gasteiger partial charge in [0.1, 0.15) is 18.0 Å². The molecule has 2 saturated heterocycles. The first kappa shape index (κ1) is 32.9. The first-order valence-corrected chi connectivity index (χ1v) is 14.0. The summed E-state index contributed by atoms with van der Waals surface area (Å²) in [7, 11) is 1.49. The lowest BCUT2D eigenvalue weighted by atomic mass is 9.98. The minimum absolute atomic E-state index is 0.0135. The second-order valence-corrected chi connectivity index (χ2v) is 10.6. The third kappa shape index (κ3) is 7.37. The molecule has 0 unspecified atom stereocenters. The molecule has 0 bridgehead atoms. The van der Waals surface area contributed by atoms with Crippen molar-refractivity contribution in [2.24, 2.45) is 5.73 Å². The molecule has 4 rings (SSSR count). The minimum atomic E-state index is -5.04. The molecule has 2 heterocycles. The van der Waals surface area contributed by atoms with Gasteiger partial charge in [0.05, 0.1) is 24.8 Å². The molecule has 2 atom stereocenters. The van der Waals surface area contributed by atoms with E-state index in [4.69, 9.17) is 10.5 Å². The number of carbonyl (C=O) groups excluding carboxylic acids is 3. The predicted molar refractivity (Wildman–Crippen MR) is 146 cm³/mol. The summed E-state index contributed by atoms with van der Waals surface area (Å²) in [6.45, 7) is -0.259. The van der Waals surface area contributed by atoms with Crippen LogP contribution in [-0.2, 0) is 35.0 Å². The monoisotopic (exact) mass is 629 g/mol. The number of alkyl halides is 6. The summed E-state index contributed by atoms with van der Waals surface area (Å²) in [5.74, 6) is -0.116. The Bertz CT molecular complexity index is 1340. The van der Waals surface area contributed by atoms with Gasteiger partial charge in [-0.3, -0.25) is 9.59 Å². The Morgan fingerprint density at radius 1 is 1.02 bits per heavy atom. The van der Waals surface area contributed by atoms with Gasteiger partial charge in [0.2, 0.25) is 11.8 Å². The molecule has 240 valence electrons. The highest BCUT2D eigenvalue weighted by molar-refractivity contribution is 5.91. The molecule has 0 saturated carbocycles. The third-order valence-electron chi connectivity index (χ3n) is 7.69. The van der Waals surface area contributed by atoms with Crippen molar-refractivity contribution in [2.45, 2.75) is 63.3 Å². The van der Waals surface area contributed by atoms with Crippen LogP contribution in [0.2, 0.25) is 0 Å². The van der Waals surface area contributed by atoms with Gasteiger partial charge in [-0.1, -0.05) is 18.2 Å². The lowest BCUT2D eigenvalue weighted by molar-refractivity contribution is -0.167. The minimum Gasteiger partial charge on any atom is -0.496 e. The second-order valence-electron chi connectivity index (χ2n) is 10.6. The highest BCUT2D eigenvalue weighted by atomic mass is 19.4. The number of hydrogen-bond donors (Lipinski definition) is 2. The van der Waals surface area contributed by atoms with Crippen LogP contribution in [0.1, 0.15) is 47.9 Å². The number of unbranched alkanes of at least 4 members (excludes halogenated alkanes) is 1. The molecule has 9 nitrogen and oxygen atoms in total. The second kappa shape index (κ2) is 13.3. The van der Waals surface area contributed by atoms with Crippen LogP contribution < -0.4 is 15.8 Å². The maximum atomic E-state index is 13.7. The summed E-state index contributed by atoms with van der Waals surface area (Å²) < 4.78 is 85.3. The van der Waals surface area contributed by atoms with Crippen molar-refractivity contribution in [2.75, 3.05) is 26.7 Å². The topological polar surface area (TPSA) is 108 Å². The van der Waals surface area contributed by atoms with E-state index < -0.39 is 53.8 Å². The zero-order valence-corrected chi connectivity index (χ0v) is 23.9. The van der Waals surface area contributed by atoms with Crippen LogP contribution in [0.15, 0.2) is 42.5 Å². The van der Waals surface area contributed by atoms with E-state index in [1.165, 1.54) is 21.8 Å². The number of fused-ring (bicyclic) bond motifs is 1. The van der Waals surface area contributed by atoms with Crippen LogP contribution in [0.25, 0.3) is 0 Å². The first-order chi connectivity index (χ1) is 20.7. The van der Waals surface area contributed by atoms with Crippen molar-refractivity contribution in [1.82, 2.24) is 20.0 Å². The number of piperazine rings is 1. The van der Waals surface area contributed by atoms with E-state index in [1.54, 1.807) is 24.3 Å². The average molecular weight is 630 g/mol. The number of halogens is 6. The Labute approximate surface area is 249 Å². The van der Waals surface area contributed by atoms with Gasteiger partial charge < -0.3 is 30.5 Å². The number of nitrogens with two attached hydrogens (primary N) is 1. The largest absolute Gasteiger partial charge is 0.496 e. The van der Waals surface area contributed by atoms with E-state index in [1.807, 2.05) is 0 Å². The number of nitrogens with one attached hydrogen (secondary N) is 1. The molecule has 0 radical (unpaired) electrons. The average Bonchev–Trinajstić information content (AvgIpc) is 2.97. The number of urea groups is 1. The number of benzene rings is 2. The Morgan fingerprint density at radius 2 is 1.68 bits per heavy atom. The number of methoxy groups -OCH3 is 1. The van der Waals surface area contributed by atoms with Crippen molar-refractivity contribution in [1.29, 1.82) is 0 Å². The zero-order valence-electron chi connectivity index (χ0n) is 23.9. The quantitative estimate of drug-likeness (QED) is 0.317. The number of para-hydroxylation sites is 1. The number of carbonyl (C=O) groups is 3. The molecule has 2 fully saturated rings. The van der Waals surface area contributed by atoms with E-state index in [2.05, 4.69) is 5.32 Å². The smallest absolute Gasteiger partial charge is 0.416 e. The maximum Gasteiger partial charge on any atom is 0.416 e.